The van der Waals surface area contributed by atoms with Crippen LogP contribution in [0, 0.1) is 20.0 Å². The summed E-state index contributed by atoms with van der Waals surface area (Å²) in [6, 6.07) is 0. The van der Waals surface area contributed by atoms with Crippen LogP contribution in [-0.2, 0) is 34.1 Å². The molecule has 10 heavy (non-hydrogen) atoms. The van der Waals surface area contributed by atoms with Crippen LogP contribution in [0.15, 0.2) is 0 Å². The van der Waals surface area contributed by atoms with E-state index in [1.54, 1.807) is 0 Å². The van der Waals surface area contributed by atoms with Crippen molar-refractivity contribution in [1.82, 2.24) is 0 Å². The molecule has 1 radical (unpaired) electrons. The van der Waals surface area contributed by atoms with Gasteiger partial charge >= 0.3 is 33.9 Å². The maximum atomic E-state index is 7.50. The van der Waals surface area contributed by atoms with Crippen LogP contribution in [0.2, 0.25) is 0 Å². The Bertz CT molecular complexity index is 41.5. The SMILES string of the molecule is O.O.O.[99Tc].[C-]#[O+].[C-]#[O+].[C-]#[O+]. The molecule has 0 atom stereocenters. The number of hydrogen-bond donors (Lipinski definition) is 0. The minimum absolute atomic E-state index is 0. The molecule has 0 aromatic rings. The van der Waals surface area contributed by atoms with Gasteiger partial charge in [-0.1, -0.05) is 0 Å². The molecule has 0 fully saturated rings. The summed E-state index contributed by atoms with van der Waals surface area (Å²) in [6.07, 6.45) is 0. The van der Waals surface area contributed by atoms with E-state index in [4.69, 9.17) is 14.0 Å². The van der Waals surface area contributed by atoms with E-state index in [-0.39, 0.29) is 36.5 Å². The predicted octanol–water partition coefficient (Wildman–Crippen LogP) is -2.59. The molecule has 0 aromatic heterocycles. The second-order valence-corrected chi connectivity index (χ2v) is 0. The van der Waals surface area contributed by atoms with Crippen molar-refractivity contribution in [2.24, 2.45) is 0 Å². The van der Waals surface area contributed by atoms with Crippen molar-refractivity contribution in [2.45, 2.75) is 0 Å². The fraction of sp³-hybridized carbons (Fsp3) is 0. The monoisotopic (exact) mass is 237 g/mol. The van der Waals surface area contributed by atoms with Gasteiger partial charge in [0.2, 0.25) is 0 Å². The van der Waals surface area contributed by atoms with Gasteiger partial charge < -0.3 is 16.4 Å². The molecule has 0 aromatic carbocycles. The third-order valence-electron chi connectivity index (χ3n) is 0. The predicted molar refractivity (Wildman–Crippen MR) is 22.6 cm³/mol. The molecule has 0 aliphatic heterocycles. The molecule has 0 rings (SSSR count). The Morgan fingerprint density at radius 3 is 0.500 bits per heavy atom. The third-order valence-corrected chi connectivity index (χ3v) is 0. The van der Waals surface area contributed by atoms with Gasteiger partial charge in [0.05, 0.1) is 0 Å². The Morgan fingerprint density at radius 2 is 0.500 bits per heavy atom. The van der Waals surface area contributed by atoms with E-state index in [0.717, 1.165) is 0 Å². The van der Waals surface area contributed by atoms with Gasteiger partial charge in [0.25, 0.3) is 0 Å². The molecular weight excluding hydrogens is 231 g/mol. The van der Waals surface area contributed by atoms with Gasteiger partial charge in [-0.3, -0.25) is 0 Å². The van der Waals surface area contributed by atoms with Gasteiger partial charge in [-0.15, -0.1) is 0 Å². The van der Waals surface area contributed by atoms with Gasteiger partial charge in [-0.25, -0.2) is 0 Å². The van der Waals surface area contributed by atoms with Crippen LogP contribution in [0.5, 0.6) is 0 Å². The zero-order valence-electron chi connectivity index (χ0n) is 4.60. The molecule has 0 amide bonds. The third kappa shape index (κ3) is 5620. The van der Waals surface area contributed by atoms with Gasteiger partial charge in [-0.05, 0) is 0 Å². The van der Waals surface area contributed by atoms with E-state index in [0.29, 0.717) is 0 Å². The minimum atomic E-state index is 0. The molecular formula is C3H6O6Tc. The molecule has 0 spiro atoms. The van der Waals surface area contributed by atoms with Crippen molar-refractivity contribution in [2.75, 3.05) is 0 Å². The summed E-state index contributed by atoms with van der Waals surface area (Å²) in [5.74, 6) is 0. The Kier molecular flexibility index (Phi) is 82600. The van der Waals surface area contributed by atoms with Crippen molar-refractivity contribution >= 4 is 0 Å². The zero-order chi connectivity index (χ0) is 6.00. The molecule has 61 valence electrons. The molecule has 0 heterocycles. The first-order valence-electron chi connectivity index (χ1n) is 0.612. The molecule has 6 N–H and O–H groups in total. The molecule has 0 aliphatic rings. The van der Waals surface area contributed by atoms with Crippen LogP contribution in [0.4, 0.5) is 0 Å². The van der Waals surface area contributed by atoms with Crippen molar-refractivity contribution in [3.05, 3.63) is 20.0 Å². The maximum absolute atomic E-state index is 7.50. The quantitative estimate of drug-likeness (QED) is 0.320. The summed E-state index contributed by atoms with van der Waals surface area (Å²) in [7, 11) is 0. The molecule has 0 unspecified atom stereocenters. The van der Waals surface area contributed by atoms with E-state index >= 15 is 0 Å². The Balaban J connectivity index is -0.00000000225. The standard InChI is InChI=1S/3CO.3H2O.Tc/c3*1-2;;;;/h;;;3*1H2;/i;;;;;;1+1. The van der Waals surface area contributed by atoms with E-state index < -0.39 is 0 Å². The van der Waals surface area contributed by atoms with Crippen LogP contribution < -0.4 is 0 Å². The fourth-order valence-corrected chi connectivity index (χ4v) is 0. The van der Waals surface area contributed by atoms with Gasteiger partial charge in [0.1, 0.15) is 0 Å². The van der Waals surface area contributed by atoms with Crippen molar-refractivity contribution < 1.29 is 50.5 Å². The average molecular weight is 237 g/mol. The summed E-state index contributed by atoms with van der Waals surface area (Å²) in [4.78, 5) is 0. The van der Waals surface area contributed by atoms with E-state index in [1.165, 1.54) is 0 Å². The second kappa shape index (κ2) is 8360. The summed E-state index contributed by atoms with van der Waals surface area (Å²) in [6.45, 7) is 13.5. The first-order chi connectivity index (χ1) is 3.00. The first-order valence-corrected chi connectivity index (χ1v) is 0.612. The number of hydrogen-bond acceptors (Lipinski definition) is 0. The van der Waals surface area contributed by atoms with Crippen molar-refractivity contribution in [3.8, 4) is 0 Å². The fourth-order valence-electron chi connectivity index (χ4n) is 0. The van der Waals surface area contributed by atoms with Crippen LogP contribution in [0.25, 0.3) is 0 Å². The first kappa shape index (κ1) is 98.7. The molecule has 0 saturated carbocycles. The molecule has 6 nitrogen and oxygen atoms in total. The van der Waals surface area contributed by atoms with E-state index in [2.05, 4.69) is 20.0 Å². The number of rotatable bonds is 0. The summed E-state index contributed by atoms with van der Waals surface area (Å²) in [5.41, 5.74) is 0. The zero-order valence-corrected chi connectivity index (χ0v) is 6.46. The van der Waals surface area contributed by atoms with Crippen LogP contribution in [0.3, 0.4) is 0 Å². The van der Waals surface area contributed by atoms with Crippen LogP contribution in [-0.4, -0.2) is 16.4 Å². The van der Waals surface area contributed by atoms with E-state index in [1.807, 2.05) is 0 Å². The average Bonchev–Trinajstić information content (AvgIpc) is 1.81. The molecule has 7 heteroatoms. The van der Waals surface area contributed by atoms with Crippen LogP contribution in [0.1, 0.15) is 0 Å². The molecule has 0 aliphatic carbocycles. The summed E-state index contributed by atoms with van der Waals surface area (Å²) >= 11 is 0. The molecule has 0 bridgehead atoms. The van der Waals surface area contributed by atoms with Crippen molar-refractivity contribution in [3.63, 3.8) is 0 Å². The second-order valence-electron chi connectivity index (χ2n) is 0. The van der Waals surface area contributed by atoms with Crippen LogP contribution >= 0.6 is 0 Å². The van der Waals surface area contributed by atoms with Gasteiger partial charge in [-0.2, -0.15) is 0 Å². The van der Waals surface area contributed by atoms with Crippen molar-refractivity contribution in [1.29, 1.82) is 0 Å². The Morgan fingerprint density at radius 1 is 0.500 bits per heavy atom. The summed E-state index contributed by atoms with van der Waals surface area (Å²) < 4.78 is 22.5. The Hall–Kier alpha value is -0.251. The van der Waals surface area contributed by atoms with E-state index in [9.17, 15) is 0 Å². The van der Waals surface area contributed by atoms with Gasteiger partial charge in [0.15, 0.2) is 0 Å². The Labute approximate surface area is 71.0 Å². The molecule has 0 saturated heterocycles. The summed E-state index contributed by atoms with van der Waals surface area (Å²) in [5, 5.41) is 0. The normalized spacial score (nSPS) is 0.600. The topological polar surface area (TPSA) is 154 Å². The van der Waals surface area contributed by atoms with Gasteiger partial charge in [0, 0.05) is 20.1 Å².